The molecule has 0 aromatic rings. The molecule has 0 aromatic carbocycles. The van der Waals surface area contributed by atoms with Crippen molar-refractivity contribution >= 4 is 22.8 Å². The molecule has 4 N–H and O–H groups in total. The Morgan fingerprint density at radius 3 is 2.70 bits per heavy atom. The van der Waals surface area contributed by atoms with Crippen LogP contribution in [0.1, 0.15) is 84.5 Å². The summed E-state index contributed by atoms with van der Waals surface area (Å²) in [5, 5.41) is 23.3. The average Bonchev–Trinajstić information content (AvgIpc) is 3.35. The standard InChI is InChI=1S/C27H43N7O5S/c1-25(16-28,33-35)11-3-4-18(15-32-34-30)22-7-8-24-21-6-5-19-14-20(38-40(36,37)39-31)9-12-26(19,2)23(21)10-13-27(22,24)17-29/h5,16-18,20-24,28-29H,3-4,6-15,31H2,1-2H3. The second-order valence-corrected chi connectivity index (χ2v) is 14.1. The van der Waals surface area contributed by atoms with Gasteiger partial charge < -0.3 is 10.8 Å². The third-order valence-electron chi connectivity index (χ3n) is 11.1. The number of hydrogen-bond donors (Lipinski definition) is 3. The molecule has 3 saturated carbocycles. The lowest BCUT2D eigenvalue weighted by molar-refractivity contribution is -0.0328. The zero-order valence-corrected chi connectivity index (χ0v) is 24.3. The molecule has 9 atom stereocenters. The first-order chi connectivity index (χ1) is 19.0. The Bertz CT molecular complexity index is 1160. The van der Waals surface area contributed by atoms with E-state index in [1.54, 1.807) is 13.1 Å². The summed E-state index contributed by atoms with van der Waals surface area (Å²) in [6.45, 7) is 4.35. The number of fused-ring (bicyclic) bond motifs is 5. The van der Waals surface area contributed by atoms with Crippen LogP contribution in [0.3, 0.4) is 0 Å². The summed E-state index contributed by atoms with van der Waals surface area (Å²) < 4.78 is 32.7. The third kappa shape index (κ3) is 5.63. The van der Waals surface area contributed by atoms with Crippen molar-refractivity contribution in [1.29, 1.82) is 10.8 Å². The van der Waals surface area contributed by atoms with Crippen molar-refractivity contribution in [3.05, 3.63) is 27.0 Å². The maximum atomic E-state index is 11.8. The Morgan fingerprint density at radius 2 is 2.05 bits per heavy atom. The SMILES string of the molecule is CC(C=N)(CCCC(CN=[N+]=[N-])C1CCC2C3CC=C4CC(OS(=O)(=O)ON)CCC4(C)C3CCC12C=N)N=O. The Balaban J connectivity index is 1.53. The number of allylic oxidation sites excluding steroid dienone is 1. The molecule has 4 aliphatic rings. The molecule has 222 valence electrons. The van der Waals surface area contributed by atoms with Crippen LogP contribution in [0.25, 0.3) is 10.4 Å². The predicted molar refractivity (Wildman–Crippen MR) is 152 cm³/mol. The van der Waals surface area contributed by atoms with E-state index in [1.807, 2.05) is 0 Å². The molecule has 12 nitrogen and oxygen atoms in total. The summed E-state index contributed by atoms with van der Waals surface area (Å²) in [5.41, 5.74) is 9.05. The van der Waals surface area contributed by atoms with E-state index in [9.17, 15) is 13.3 Å². The maximum Gasteiger partial charge on any atom is 0.416 e. The minimum atomic E-state index is -4.20. The van der Waals surface area contributed by atoms with Gasteiger partial charge in [0.2, 0.25) is 0 Å². The number of nitroso groups, excluding NO2 is 1. The Hall–Kier alpha value is -2.18. The second kappa shape index (κ2) is 12.0. The number of nitrogens with two attached hydrogens (primary N) is 1. The molecule has 4 rings (SSSR count). The van der Waals surface area contributed by atoms with Crippen LogP contribution in [0.4, 0.5) is 0 Å². The maximum absolute atomic E-state index is 11.8. The zero-order chi connectivity index (χ0) is 29.2. The molecule has 0 spiro atoms. The van der Waals surface area contributed by atoms with Gasteiger partial charge in [0.25, 0.3) is 0 Å². The topological polar surface area (TPSA) is 205 Å². The van der Waals surface area contributed by atoms with E-state index in [0.717, 1.165) is 51.2 Å². The molecule has 3 fully saturated rings. The molecule has 9 unspecified atom stereocenters. The first-order valence-corrected chi connectivity index (χ1v) is 15.7. The molecule has 0 heterocycles. The fourth-order valence-electron chi connectivity index (χ4n) is 9.05. The summed E-state index contributed by atoms with van der Waals surface area (Å²) in [4.78, 5) is 14.3. The van der Waals surface area contributed by atoms with E-state index in [4.69, 9.17) is 26.4 Å². The predicted octanol–water partition coefficient (Wildman–Crippen LogP) is 5.99. The largest absolute Gasteiger partial charge is 0.416 e. The highest BCUT2D eigenvalue weighted by Crippen LogP contribution is 2.67. The van der Waals surface area contributed by atoms with Crippen LogP contribution >= 0.6 is 0 Å². The van der Waals surface area contributed by atoms with Gasteiger partial charge in [-0.2, -0.15) is 18.6 Å². The summed E-state index contributed by atoms with van der Waals surface area (Å²) >= 11 is 0. The van der Waals surface area contributed by atoms with Gasteiger partial charge in [-0.05, 0) is 112 Å². The smallest absolute Gasteiger partial charge is 0.313 e. The lowest BCUT2D eigenvalue weighted by atomic mass is 9.46. The number of hydrogen-bond acceptors (Lipinski definition) is 10. The van der Waals surface area contributed by atoms with Crippen LogP contribution in [-0.4, -0.2) is 39.0 Å². The number of rotatable bonds is 13. The highest BCUT2D eigenvalue weighted by molar-refractivity contribution is 7.81. The van der Waals surface area contributed by atoms with Crippen molar-refractivity contribution in [2.45, 2.75) is 96.1 Å². The van der Waals surface area contributed by atoms with Gasteiger partial charge in [0.05, 0.1) is 6.10 Å². The van der Waals surface area contributed by atoms with Crippen LogP contribution in [-0.2, 0) is 18.9 Å². The Labute approximate surface area is 236 Å². The second-order valence-electron chi connectivity index (χ2n) is 12.9. The van der Waals surface area contributed by atoms with Crippen molar-refractivity contribution in [3.8, 4) is 0 Å². The van der Waals surface area contributed by atoms with E-state index in [2.05, 4.69) is 32.5 Å². The lowest BCUT2D eigenvalue weighted by Crippen LogP contribution is -2.52. The molecule has 0 amide bonds. The molecular formula is C27H43N7O5S. The van der Waals surface area contributed by atoms with Crippen LogP contribution in [0.5, 0.6) is 0 Å². The van der Waals surface area contributed by atoms with Gasteiger partial charge in [0.1, 0.15) is 5.54 Å². The van der Waals surface area contributed by atoms with Gasteiger partial charge >= 0.3 is 10.4 Å². The molecule has 40 heavy (non-hydrogen) atoms. The van der Waals surface area contributed by atoms with E-state index in [1.165, 1.54) is 5.57 Å². The van der Waals surface area contributed by atoms with Crippen molar-refractivity contribution in [3.63, 3.8) is 0 Å². The molecule has 0 bridgehead atoms. The summed E-state index contributed by atoms with van der Waals surface area (Å²) in [6, 6.07) is 0. The molecule has 13 heteroatoms. The van der Waals surface area contributed by atoms with Crippen LogP contribution in [0.2, 0.25) is 0 Å². The van der Waals surface area contributed by atoms with E-state index < -0.39 is 22.0 Å². The first kappa shape index (κ1) is 30.8. The number of nitrogens with zero attached hydrogens (tertiary/aromatic N) is 4. The Morgan fingerprint density at radius 1 is 1.27 bits per heavy atom. The van der Waals surface area contributed by atoms with Crippen LogP contribution < -0.4 is 5.90 Å². The molecule has 0 aliphatic heterocycles. The van der Waals surface area contributed by atoms with Gasteiger partial charge in [-0.25, -0.2) is 4.18 Å². The highest BCUT2D eigenvalue weighted by atomic mass is 32.3. The quantitative estimate of drug-likeness (QED) is 0.0455. The van der Waals surface area contributed by atoms with Gasteiger partial charge in [-0.1, -0.05) is 35.3 Å². The minimum Gasteiger partial charge on any atom is -0.313 e. The molecule has 0 radical (unpaired) electrons. The number of nitrogens with one attached hydrogen (secondary N) is 2. The first-order valence-electron chi connectivity index (χ1n) is 14.4. The molecule has 0 aromatic heterocycles. The van der Waals surface area contributed by atoms with Gasteiger partial charge in [0.15, 0.2) is 0 Å². The van der Waals surface area contributed by atoms with Crippen molar-refractivity contribution < 1.29 is 16.9 Å². The fraction of sp³-hybridized carbons (Fsp3) is 0.852. The van der Waals surface area contributed by atoms with Gasteiger partial charge in [-0.15, -0.1) is 4.91 Å². The normalized spacial score (nSPS) is 37.4. The third-order valence-corrected chi connectivity index (χ3v) is 11.8. The lowest BCUT2D eigenvalue weighted by Gasteiger charge is -2.58. The van der Waals surface area contributed by atoms with Crippen molar-refractivity contribution in [2.75, 3.05) is 6.54 Å². The van der Waals surface area contributed by atoms with E-state index >= 15 is 0 Å². The van der Waals surface area contributed by atoms with Crippen LogP contribution in [0.15, 0.2) is 21.9 Å². The van der Waals surface area contributed by atoms with Gasteiger partial charge in [-0.3, -0.25) is 0 Å². The minimum absolute atomic E-state index is 0.0358. The Kier molecular flexibility index (Phi) is 9.21. The monoisotopic (exact) mass is 577 g/mol. The summed E-state index contributed by atoms with van der Waals surface area (Å²) in [6.07, 6.45) is 13.3. The summed E-state index contributed by atoms with van der Waals surface area (Å²) in [5.74, 6) is 6.44. The van der Waals surface area contributed by atoms with E-state index in [0.29, 0.717) is 50.0 Å². The van der Waals surface area contributed by atoms with Gasteiger partial charge in [0, 0.05) is 29.3 Å². The zero-order valence-electron chi connectivity index (χ0n) is 23.5. The average molecular weight is 578 g/mol. The van der Waals surface area contributed by atoms with E-state index in [-0.39, 0.29) is 22.7 Å². The summed E-state index contributed by atoms with van der Waals surface area (Å²) in [7, 11) is -4.20. The van der Waals surface area contributed by atoms with Crippen molar-refractivity contribution in [1.82, 2.24) is 0 Å². The highest BCUT2D eigenvalue weighted by Gasteiger charge is 2.60. The van der Waals surface area contributed by atoms with Crippen LogP contribution in [0, 0.1) is 56.1 Å². The molecular weight excluding hydrogens is 534 g/mol. The fourth-order valence-corrected chi connectivity index (χ4v) is 9.60. The molecule has 4 aliphatic carbocycles. The number of azide groups is 1. The van der Waals surface area contributed by atoms with Crippen molar-refractivity contribution in [2.24, 2.45) is 56.6 Å². The molecule has 0 saturated heterocycles.